The minimum atomic E-state index is -0.850. The van der Waals surface area contributed by atoms with E-state index in [-0.39, 0.29) is 106 Å². The highest BCUT2D eigenvalue weighted by Crippen LogP contribution is 2.53. The van der Waals surface area contributed by atoms with Gasteiger partial charge < -0.3 is 48.5 Å². The number of carbonyl (C=O) groups excluding carboxylic acids is 6. The van der Waals surface area contributed by atoms with E-state index in [2.05, 4.69) is 23.8 Å². The third kappa shape index (κ3) is 16.7. The Balaban J connectivity index is 0.818. The second-order valence-electron chi connectivity index (χ2n) is 24.6. The van der Waals surface area contributed by atoms with Gasteiger partial charge in [-0.05, 0) is 169 Å². The minimum Gasteiger partial charge on any atom is -0.461 e. The quantitative estimate of drug-likeness (QED) is 0.0449. The fourth-order valence-electron chi connectivity index (χ4n) is 15.4. The minimum absolute atomic E-state index is 0.0361. The molecule has 0 bridgehead atoms. The third-order valence-electron chi connectivity index (χ3n) is 19.3. The molecule has 16 nitrogen and oxygen atoms in total. The van der Waals surface area contributed by atoms with Gasteiger partial charge in [0.15, 0.2) is 12.2 Å². The molecule has 8 aliphatic carbocycles. The van der Waals surface area contributed by atoms with E-state index in [4.69, 9.17) is 37.9 Å². The van der Waals surface area contributed by atoms with Gasteiger partial charge >= 0.3 is 36.1 Å². The van der Waals surface area contributed by atoms with Gasteiger partial charge in [0.1, 0.15) is 26.4 Å². The van der Waals surface area contributed by atoms with Gasteiger partial charge in [-0.25, -0.2) is 19.2 Å². The lowest BCUT2D eigenvalue weighted by molar-refractivity contribution is -0.157. The molecule has 0 saturated heterocycles. The number of hydrogen-bond donors (Lipinski definition) is 2. The molecule has 16 unspecified atom stereocenters. The van der Waals surface area contributed by atoms with Gasteiger partial charge in [0.2, 0.25) is 0 Å². The maximum Gasteiger partial charge on any atom is 0.407 e. The standard InChI is InChI=1S/C60H92N2O14/c1-37(2)55(63)69-24-22-61-59(67)75-51(35-73-57(65)46-18-16-43-26-39-10-5-7-12-41(39)28-48(43)30-46)33-71-50-20-21-53-45(32-50)14-9-15-54(53)72-34-52(76-60(68)62-23-25-70-56(64)38(3)4)36-74-58(66)47-19-17-44-27-40-11-6-8-13-42(40)29-49(44)31-47/h39-54H,1,3,5-36H2,2,4H3,(H,61,67)(H,62,68). The maximum atomic E-state index is 13.7. The van der Waals surface area contributed by atoms with Gasteiger partial charge in [-0.15, -0.1) is 0 Å². The smallest absolute Gasteiger partial charge is 0.407 e. The molecule has 8 aliphatic rings. The number of hydrogen-bond acceptors (Lipinski definition) is 14. The highest BCUT2D eigenvalue weighted by molar-refractivity contribution is 5.87. The van der Waals surface area contributed by atoms with Crippen LogP contribution < -0.4 is 10.6 Å². The van der Waals surface area contributed by atoms with E-state index in [1.54, 1.807) is 13.8 Å². The van der Waals surface area contributed by atoms with E-state index in [1.807, 2.05) is 0 Å². The highest BCUT2D eigenvalue weighted by atomic mass is 16.6. The van der Waals surface area contributed by atoms with Crippen molar-refractivity contribution in [2.75, 3.05) is 52.7 Å². The summed E-state index contributed by atoms with van der Waals surface area (Å²) in [5.41, 5.74) is 0.525. The van der Waals surface area contributed by atoms with Crippen LogP contribution in [0.3, 0.4) is 0 Å². The summed E-state index contributed by atoms with van der Waals surface area (Å²) in [7, 11) is 0. The van der Waals surface area contributed by atoms with Crippen LogP contribution in [0.25, 0.3) is 0 Å². The second-order valence-corrected chi connectivity index (χ2v) is 24.6. The molecular formula is C60H92N2O14. The number of amides is 2. The Morgan fingerprint density at radius 2 is 0.868 bits per heavy atom. The summed E-state index contributed by atoms with van der Waals surface area (Å²) < 4.78 is 47.0. The van der Waals surface area contributed by atoms with Gasteiger partial charge in [0, 0.05) is 11.1 Å². The number of fused-ring (bicyclic) bond motifs is 5. The molecule has 0 aromatic rings. The van der Waals surface area contributed by atoms with Crippen LogP contribution in [0.2, 0.25) is 0 Å². The first kappa shape index (κ1) is 58.0. The maximum absolute atomic E-state index is 13.7. The Bertz CT molecular complexity index is 2000. The summed E-state index contributed by atoms with van der Waals surface area (Å²) in [6.07, 6.45) is 23.1. The molecule has 8 fully saturated rings. The van der Waals surface area contributed by atoms with Crippen molar-refractivity contribution in [1.82, 2.24) is 10.6 Å². The molecule has 8 saturated carbocycles. The number of ether oxygens (including phenoxy) is 8. The van der Waals surface area contributed by atoms with E-state index >= 15 is 0 Å². The van der Waals surface area contributed by atoms with Crippen molar-refractivity contribution in [2.45, 2.75) is 192 Å². The molecular weight excluding hydrogens is 973 g/mol. The molecule has 426 valence electrons. The molecule has 0 aliphatic heterocycles. The Hall–Kier alpha value is -4.18. The Morgan fingerprint density at radius 1 is 0.434 bits per heavy atom. The van der Waals surface area contributed by atoms with Crippen molar-refractivity contribution in [2.24, 2.45) is 71.0 Å². The monoisotopic (exact) mass is 1060 g/mol. The van der Waals surface area contributed by atoms with E-state index in [9.17, 15) is 28.8 Å². The summed E-state index contributed by atoms with van der Waals surface area (Å²) >= 11 is 0. The summed E-state index contributed by atoms with van der Waals surface area (Å²) in [4.78, 5) is 77.2. The van der Waals surface area contributed by atoms with Gasteiger partial charge in [0.05, 0.1) is 50.3 Å². The lowest BCUT2D eigenvalue weighted by Gasteiger charge is -2.47. The summed E-state index contributed by atoms with van der Waals surface area (Å²) in [6, 6.07) is 0. The van der Waals surface area contributed by atoms with Crippen molar-refractivity contribution in [1.29, 1.82) is 0 Å². The average molecular weight is 1070 g/mol. The van der Waals surface area contributed by atoms with Crippen LogP contribution in [-0.2, 0) is 57.1 Å². The largest absolute Gasteiger partial charge is 0.461 e. The highest BCUT2D eigenvalue weighted by Gasteiger charge is 2.45. The zero-order valence-corrected chi connectivity index (χ0v) is 46.0. The molecule has 8 rings (SSSR count). The molecule has 16 atom stereocenters. The first-order chi connectivity index (χ1) is 36.8. The predicted octanol–water partition coefficient (Wildman–Crippen LogP) is 10.1. The molecule has 0 radical (unpaired) electrons. The molecule has 2 amide bonds. The van der Waals surface area contributed by atoms with E-state index in [0.29, 0.717) is 29.6 Å². The first-order valence-electron chi connectivity index (χ1n) is 29.9. The van der Waals surface area contributed by atoms with Gasteiger partial charge in [-0.1, -0.05) is 70.9 Å². The molecule has 0 heterocycles. The lowest BCUT2D eigenvalue weighted by Crippen LogP contribution is -2.44. The van der Waals surface area contributed by atoms with Gasteiger partial charge in [0.25, 0.3) is 0 Å². The van der Waals surface area contributed by atoms with Crippen LogP contribution in [-0.4, -0.2) is 113 Å². The normalized spacial score (nSPS) is 33.5. The number of rotatable bonds is 22. The lowest BCUT2D eigenvalue weighted by atomic mass is 9.58. The van der Waals surface area contributed by atoms with Crippen molar-refractivity contribution < 1.29 is 66.7 Å². The van der Waals surface area contributed by atoms with Crippen LogP contribution in [0.15, 0.2) is 24.3 Å². The summed E-state index contributed by atoms with van der Waals surface area (Å²) in [5, 5.41) is 5.27. The number of esters is 4. The van der Waals surface area contributed by atoms with Crippen molar-refractivity contribution >= 4 is 36.1 Å². The van der Waals surface area contributed by atoms with Crippen molar-refractivity contribution in [3.63, 3.8) is 0 Å². The molecule has 76 heavy (non-hydrogen) atoms. The topological polar surface area (TPSA) is 200 Å². The zero-order chi connectivity index (χ0) is 53.6. The molecule has 0 aromatic heterocycles. The van der Waals surface area contributed by atoms with Gasteiger partial charge in [-0.2, -0.15) is 0 Å². The zero-order valence-electron chi connectivity index (χ0n) is 46.0. The third-order valence-corrected chi connectivity index (χ3v) is 19.3. The van der Waals surface area contributed by atoms with Gasteiger partial charge in [-0.3, -0.25) is 9.59 Å². The average Bonchev–Trinajstić information content (AvgIpc) is 3.42. The predicted molar refractivity (Wildman–Crippen MR) is 282 cm³/mol. The van der Waals surface area contributed by atoms with Crippen LogP contribution in [0.1, 0.15) is 168 Å². The van der Waals surface area contributed by atoms with Crippen LogP contribution >= 0.6 is 0 Å². The summed E-state index contributed by atoms with van der Waals surface area (Å²) in [6.45, 7) is 10.1. The number of alkyl carbamates (subject to hydrolysis) is 2. The van der Waals surface area contributed by atoms with Crippen LogP contribution in [0, 0.1) is 71.0 Å². The fraction of sp³-hybridized carbons (Fsp3) is 0.833. The van der Waals surface area contributed by atoms with E-state index in [1.165, 1.54) is 77.0 Å². The van der Waals surface area contributed by atoms with Crippen molar-refractivity contribution in [3.05, 3.63) is 24.3 Å². The second kappa shape index (κ2) is 28.6. The Labute approximate surface area is 452 Å². The summed E-state index contributed by atoms with van der Waals surface area (Å²) in [5.74, 6) is 4.49. The first-order valence-corrected chi connectivity index (χ1v) is 29.9. The molecule has 2 N–H and O–H groups in total. The number of nitrogens with one attached hydrogen (secondary N) is 2. The van der Waals surface area contributed by atoms with Crippen LogP contribution in [0.4, 0.5) is 9.59 Å². The number of carbonyl (C=O) groups is 6. The SMILES string of the molecule is C=C(C)C(=O)OCCNC(=O)OC(COC(=O)C1CCC2CC3CCCCC3CC2C1)COC1CCC2C(CCCC2OCC(COC(=O)C2CCC3CC4CCCCC4CC3C2)OC(=O)NCCOC(=O)C(=C)C)C1. The Kier molecular flexibility index (Phi) is 21.8. The fourth-order valence-corrected chi connectivity index (χ4v) is 15.4. The molecule has 0 aromatic carbocycles. The molecule has 0 spiro atoms. The Morgan fingerprint density at radius 3 is 1.34 bits per heavy atom. The van der Waals surface area contributed by atoms with Crippen molar-refractivity contribution in [3.8, 4) is 0 Å². The molecule has 16 heteroatoms. The van der Waals surface area contributed by atoms with E-state index < -0.39 is 36.3 Å². The van der Waals surface area contributed by atoms with E-state index in [0.717, 1.165) is 101 Å². The van der Waals surface area contributed by atoms with Crippen LogP contribution in [0.5, 0.6) is 0 Å².